The number of carbonyl (C=O) groups excluding carboxylic acids is 1. The molecule has 0 bridgehead atoms. The van der Waals surface area contributed by atoms with Crippen molar-refractivity contribution in [1.82, 2.24) is 25.1 Å². The van der Waals surface area contributed by atoms with Crippen molar-refractivity contribution in [1.29, 1.82) is 0 Å². The summed E-state index contributed by atoms with van der Waals surface area (Å²) in [6, 6.07) is 14.8. The van der Waals surface area contributed by atoms with Gasteiger partial charge in [-0.15, -0.1) is 21.5 Å². The second-order valence-electron chi connectivity index (χ2n) is 11.6. The summed E-state index contributed by atoms with van der Waals surface area (Å²) in [6.07, 6.45) is 3.20. The molecule has 1 fully saturated rings. The number of hydrogen-bond donors (Lipinski definition) is 1. The molecule has 1 N–H and O–H groups in total. The molecule has 0 saturated heterocycles. The van der Waals surface area contributed by atoms with Gasteiger partial charge in [-0.2, -0.15) is 0 Å². The third kappa shape index (κ3) is 8.07. The standard InChI is InChI=1S/C35H36FN7O3S2/c1-5-45-33(44)31-29(13-9-19-46-27-17-14-22(20-25(27)36)10-8-18-42(2)3)48-35(38-31)43(4)30-21-24(23-15-16-23)32(41-40-30)39-34-37-26-11-6-7-12-28(26)47-34/h6-7,11-12,14,17,20-21,23H,5,9,13,15-16,18-19H2,1-4H3,(H,37,39,41). The lowest BCUT2D eigenvalue weighted by Gasteiger charge is -2.16. The van der Waals surface area contributed by atoms with Crippen molar-refractivity contribution in [2.45, 2.75) is 38.5 Å². The van der Waals surface area contributed by atoms with E-state index >= 15 is 0 Å². The van der Waals surface area contributed by atoms with Crippen molar-refractivity contribution >= 4 is 60.8 Å². The first-order chi connectivity index (χ1) is 23.3. The number of carbonyl (C=O) groups is 1. The quantitative estimate of drug-likeness (QED) is 0.0779. The van der Waals surface area contributed by atoms with Gasteiger partial charge in [-0.1, -0.05) is 35.3 Å². The van der Waals surface area contributed by atoms with E-state index in [0.29, 0.717) is 47.6 Å². The highest BCUT2D eigenvalue weighted by molar-refractivity contribution is 7.22. The molecule has 0 unspecified atom stereocenters. The Bertz CT molecular complexity index is 1950. The van der Waals surface area contributed by atoms with Crippen molar-refractivity contribution in [3.63, 3.8) is 0 Å². The molecular formula is C35H36FN7O3S2. The molecular weight excluding hydrogens is 650 g/mol. The van der Waals surface area contributed by atoms with E-state index < -0.39 is 11.8 Å². The number of benzene rings is 2. The summed E-state index contributed by atoms with van der Waals surface area (Å²) in [5, 5.41) is 13.8. The maximum absolute atomic E-state index is 14.7. The van der Waals surface area contributed by atoms with Gasteiger partial charge >= 0.3 is 5.97 Å². The summed E-state index contributed by atoms with van der Waals surface area (Å²) in [7, 11) is 5.71. The smallest absolute Gasteiger partial charge is 0.358 e. The van der Waals surface area contributed by atoms with Crippen LogP contribution in [0.5, 0.6) is 5.75 Å². The SMILES string of the molecule is CCOC(=O)c1nc(N(C)c2cc(C3CC3)c(Nc3nc4ccccc4s3)nn2)sc1CCCOc1ccc(C#CCN(C)C)cc1F. The maximum atomic E-state index is 14.7. The first kappa shape index (κ1) is 33.3. The molecule has 10 nitrogen and oxygen atoms in total. The molecule has 0 aliphatic heterocycles. The summed E-state index contributed by atoms with van der Waals surface area (Å²) in [5.41, 5.74) is 2.87. The number of nitrogens with zero attached hydrogens (tertiary/aromatic N) is 6. The number of halogens is 1. The van der Waals surface area contributed by atoms with Crippen molar-refractivity contribution in [2.75, 3.05) is 51.1 Å². The van der Waals surface area contributed by atoms with Crippen LogP contribution in [0.15, 0.2) is 48.5 Å². The van der Waals surface area contributed by atoms with Crippen LogP contribution >= 0.6 is 22.7 Å². The first-order valence-corrected chi connectivity index (χ1v) is 17.4. The third-order valence-electron chi connectivity index (χ3n) is 7.50. The van der Waals surface area contributed by atoms with Crippen LogP contribution in [0.4, 0.5) is 26.3 Å². The number of hydrogen-bond acceptors (Lipinski definition) is 12. The van der Waals surface area contributed by atoms with Gasteiger partial charge in [-0.3, -0.25) is 4.90 Å². The number of aryl methyl sites for hydroxylation is 1. The fourth-order valence-electron chi connectivity index (χ4n) is 4.91. The van der Waals surface area contributed by atoms with Gasteiger partial charge in [0.1, 0.15) is 0 Å². The fourth-order valence-corrected chi connectivity index (χ4v) is 6.83. The molecule has 248 valence electrons. The van der Waals surface area contributed by atoms with Gasteiger partial charge in [-0.05, 0) is 89.0 Å². The Kier molecular flexibility index (Phi) is 10.4. The molecule has 3 heterocycles. The van der Waals surface area contributed by atoms with Crippen molar-refractivity contribution in [3.05, 3.63) is 76.0 Å². The van der Waals surface area contributed by atoms with Crippen molar-refractivity contribution in [3.8, 4) is 17.6 Å². The molecule has 5 aromatic rings. The van der Waals surface area contributed by atoms with Gasteiger partial charge in [-0.25, -0.2) is 19.2 Å². The predicted molar refractivity (Wildman–Crippen MR) is 189 cm³/mol. The molecule has 1 saturated carbocycles. The average Bonchev–Trinajstić information content (AvgIpc) is 3.69. The van der Waals surface area contributed by atoms with Crippen LogP contribution in [0, 0.1) is 17.7 Å². The van der Waals surface area contributed by atoms with Gasteiger partial charge in [0.25, 0.3) is 0 Å². The molecule has 6 rings (SSSR count). The molecule has 1 aliphatic rings. The second-order valence-corrected chi connectivity index (χ2v) is 13.7. The van der Waals surface area contributed by atoms with Crippen LogP contribution in [0.1, 0.15) is 58.6 Å². The van der Waals surface area contributed by atoms with E-state index in [4.69, 9.17) is 14.5 Å². The third-order valence-corrected chi connectivity index (χ3v) is 9.64. The number of esters is 1. The minimum atomic E-state index is -0.485. The Morgan fingerprint density at radius 2 is 1.92 bits per heavy atom. The molecule has 1 aliphatic carbocycles. The highest BCUT2D eigenvalue weighted by Gasteiger charge is 2.29. The van der Waals surface area contributed by atoms with Gasteiger partial charge in [0.2, 0.25) is 0 Å². The van der Waals surface area contributed by atoms with Crippen LogP contribution in [-0.2, 0) is 11.2 Å². The largest absolute Gasteiger partial charge is 0.491 e. The topological polar surface area (TPSA) is 106 Å². The van der Waals surface area contributed by atoms with E-state index in [2.05, 4.69) is 32.3 Å². The normalized spacial score (nSPS) is 12.5. The maximum Gasteiger partial charge on any atom is 0.358 e. The van der Waals surface area contributed by atoms with E-state index in [1.54, 1.807) is 30.4 Å². The summed E-state index contributed by atoms with van der Waals surface area (Å²) >= 11 is 2.97. The van der Waals surface area contributed by atoms with E-state index in [9.17, 15) is 9.18 Å². The van der Waals surface area contributed by atoms with E-state index in [1.807, 2.05) is 61.3 Å². The summed E-state index contributed by atoms with van der Waals surface area (Å²) < 4.78 is 26.8. The van der Waals surface area contributed by atoms with Crippen LogP contribution in [-0.4, -0.2) is 71.9 Å². The van der Waals surface area contributed by atoms with E-state index in [0.717, 1.165) is 38.6 Å². The number of anilines is 4. The Balaban J connectivity index is 1.14. The Hall–Kier alpha value is -4.64. The molecule has 3 aromatic heterocycles. The molecule has 2 aromatic carbocycles. The molecule has 13 heteroatoms. The number of thiazole rings is 2. The zero-order valence-electron chi connectivity index (χ0n) is 27.2. The van der Waals surface area contributed by atoms with Crippen molar-refractivity contribution < 1.29 is 18.7 Å². The molecule has 0 radical (unpaired) electrons. The van der Waals surface area contributed by atoms with Crippen LogP contribution in [0.2, 0.25) is 0 Å². The summed E-state index contributed by atoms with van der Waals surface area (Å²) in [5.74, 6) is 6.88. The summed E-state index contributed by atoms with van der Waals surface area (Å²) in [4.78, 5) is 26.8. The monoisotopic (exact) mass is 685 g/mol. The Morgan fingerprint density at radius 3 is 2.67 bits per heavy atom. The number of para-hydroxylation sites is 1. The van der Waals surface area contributed by atoms with Gasteiger partial charge < -0.3 is 19.7 Å². The van der Waals surface area contributed by atoms with Crippen LogP contribution in [0.3, 0.4) is 0 Å². The van der Waals surface area contributed by atoms with E-state index in [-0.39, 0.29) is 24.7 Å². The van der Waals surface area contributed by atoms with Gasteiger partial charge in [0.15, 0.2) is 39.2 Å². The first-order valence-electron chi connectivity index (χ1n) is 15.8. The average molecular weight is 686 g/mol. The molecule has 0 spiro atoms. The number of rotatable bonds is 13. The lowest BCUT2D eigenvalue weighted by molar-refractivity contribution is 0.0519. The number of aromatic nitrogens is 4. The number of nitrogens with one attached hydrogen (secondary N) is 1. The zero-order chi connectivity index (χ0) is 33.6. The predicted octanol–water partition coefficient (Wildman–Crippen LogP) is 7.17. The lowest BCUT2D eigenvalue weighted by Crippen LogP contribution is -2.14. The fraction of sp³-hybridized carbons (Fsp3) is 0.343. The lowest BCUT2D eigenvalue weighted by atomic mass is 10.2. The zero-order valence-corrected chi connectivity index (χ0v) is 28.9. The number of ether oxygens (including phenoxy) is 2. The highest BCUT2D eigenvalue weighted by atomic mass is 32.1. The van der Waals surface area contributed by atoms with Gasteiger partial charge in [0.05, 0.1) is 30.0 Å². The molecule has 48 heavy (non-hydrogen) atoms. The second kappa shape index (κ2) is 15.1. The molecule has 0 amide bonds. The van der Waals surface area contributed by atoms with Crippen molar-refractivity contribution in [2.24, 2.45) is 0 Å². The van der Waals surface area contributed by atoms with Crippen LogP contribution in [0.25, 0.3) is 10.2 Å². The van der Waals surface area contributed by atoms with Crippen LogP contribution < -0.4 is 15.0 Å². The van der Waals surface area contributed by atoms with E-state index in [1.165, 1.54) is 17.4 Å². The summed E-state index contributed by atoms with van der Waals surface area (Å²) in [6.45, 7) is 2.84. The number of fused-ring (bicyclic) bond motifs is 1. The molecule has 0 atom stereocenters. The minimum Gasteiger partial charge on any atom is -0.491 e. The highest BCUT2D eigenvalue weighted by Crippen LogP contribution is 2.45. The minimum absolute atomic E-state index is 0.162. The Morgan fingerprint density at radius 1 is 1.08 bits per heavy atom. The van der Waals surface area contributed by atoms with Gasteiger partial charge in [0, 0.05) is 23.1 Å². The Labute approximate surface area is 287 Å².